The molecule has 5 rings (SSSR count). The Morgan fingerprint density at radius 1 is 0.979 bits per heavy atom. The SMILES string of the molecule is CCC(CC)C(=O)/C=C(\O)C(CC)CC.Cn1c2cc([Si](C)(C)C)oc2c2ccnc(-c3[c-]c4ccccc4c(C(C)(C)C)c3)c21.[Ir]. The van der Waals surface area contributed by atoms with Gasteiger partial charge in [-0.25, -0.2) is 0 Å². The van der Waals surface area contributed by atoms with E-state index in [0.717, 1.165) is 69.7 Å². The zero-order valence-electron chi connectivity index (χ0n) is 30.2. The normalized spacial score (nSPS) is 12.6. The summed E-state index contributed by atoms with van der Waals surface area (Å²) in [6.07, 6.45) is 6.80. The number of benzene rings is 2. The number of carbonyl (C=O) groups is 1. The van der Waals surface area contributed by atoms with E-state index < -0.39 is 8.07 Å². The molecule has 47 heavy (non-hydrogen) atoms. The molecular formula is C40H53IrN2O3Si-. The fourth-order valence-corrected chi connectivity index (χ4v) is 7.22. The number of aliphatic hydroxyl groups excluding tert-OH is 1. The van der Waals surface area contributed by atoms with Crippen molar-refractivity contribution in [2.75, 3.05) is 0 Å². The smallest absolute Gasteiger partial charge is 0.162 e. The van der Waals surface area contributed by atoms with Gasteiger partial charge < -0.3 is 14.1 Å². The van der Waals surface area contributed by atoms with Gasteiger partial charge in [-0.05, 0) is 43.2 Å². The van der Waals surface area contributed by atoms with Gasteiger partial charge in [0.05, 0.1) is 16.7 Å². The molecule has 3 aromatic heterocycles. The number of nitrogens with zero attached hydrogens (tertiary/aromatic N) is 2. The minimum atomic E-state index is -1.53. The molecule has 1 radical (unpaired) electrons. The number of hydrogen-bond acceptors (Lipinski definition) is 4. The summed E-state index contributed by atoms with van der Waals surface area (Å²) in [4.78, 5) is 16.5. The molecule has 5 nitrogen and oxygen atoms in total. The number of furan rings is 1. The van der Waals surface area contributed by atoms with Crippen LogP contribution >= 0.6 is 0 Å². The Hall–Kier alpha value is -2.99. The van der Waals surface area contributed by atoms with Crippen LogP contribution in [-0.2, 0) is 37.4 Å². The van der Waals surface area contributed by atoms with Gasteiger partial charge in [-0.15, -0.1) is 29.1 Å². The first-order valence-corrected chi connectivity index (χ1v) is 20.4. The second kappa shape index (κ2) is 15.5. The predicted molar refractivity (Wildman–Crippen MR) is 198 cm³/mol. The average Bonchev–Trinajstić information content (AvgIpc) is 3.57. The van der Waals surface area contributed by atoms with Crippen molar-refractivity contribution in [3.05, 3.63) is 72.1 Å². The van der Waals surface area contributed by atoms with Crippen LogP contribution < -0.4 is 5.38 Å². The molecular weight excluding hydrogens is 777 g/mol. The third-order valence-corrected chi connectivity index (χ3v) is 11.0. The number of carbonyl (C=O) groups excluding carboxylic acids is 1. The van der Waals surface area contributed by atoms with E-state index in [1.165, 1.54) is 17.0 Å². The van der Waals surface area contributed by atoms with Crippen LogP contribution in [0.2, 0.25) is 19.6 Å². The van der Waals surface area contributed by atoms with Crippen LogP contribution in [0.4, 0.5) is 0 Å². The topological polar surface area (TPSA) is 68.3 Å². The van der Waals surface area contributed by atoms with E-state index in [2.05, 4.69) is 101 Å². The number of aliphatic hydroxyl groups is 1. The Kier molecular flexibility index (Phi) is 12.7. The molecule has 7 heteroatoms. The molecule has 0 saturated carbocycles. The van der Waals surface area contributed by atoms with Gasteiger partial charge in [-0.3, -0.25) is 9.78 Å². The number of aromatic nitrogens is 2. The number of ketones is 1. The summed E-state index contributed by atoms with van der Waals surface area (Å²) in [5.41, 5.74) is 6.53. The summed E-state index contributed by atoms with van der Waals surface area (Å²) in [6.45, 7) is 21.8. The van der Waals surface area contributed by atoms with Gasteiger partial charge in [0.1, 0.15) is 8.07 Å². The molecule has 0 unspecified atom stereocenters. The van der Waals surface area contributed by atoms with E-state index in [0.29, 0.717) is 0 Å². The van der Waals surface area contributed by atoms with Crippen molar-refractivity contribution in [1.82, 2.24) is 9.55 Å². The number of fused-ring (bicyclic) bond motifs is 4. The van der Waals surface area contributed by atoms with Crippen molar-refractivity contribution < 1.29 is 34.4 Å². The molecule has 0 bridgehead atoms. The first-order valence-electron chi connectivity index (χ1n) is 16.9. The molecule has 0 fully saturated rings. The second-order valence-corrected chi connectivity index (χ2v) is 19.6. The Labute approximate surface area is 296 Å². The third-order valence-electron chi connectivity index (χ3n) is 9.24. The summed E-state index contributed by atoms with van der Waals surface area (Å²) in [5.74, 6) is 0.547. The minimum Gasteiger partial charge on any atom is -0.512 e. The zero-order valence-corrected chi connectivity index (χ0v) is 33.6. The van der Waals surface area contributed by atoms with Crippen molar-refractivity contribution in [2.24, 2.45) is 18.9 Å². The Morgan fingerprint density at radius 3 is 2.17 bits per heavy atom. The molecule has 0 aliphatic heterocycles. The number of pyridine rings is 1. The fourth-order valence-electron chi connectivity index (χ4n) is 6.25. The maximum atomic E-state index is 11.7. The van der Waals surface area contributed by atoms with E-state index in [9.17, 15) is 9.90 Å². The van der Waals surface area contributed by atoms with E-state index in [1.54, 1.807) is 0 Å². The van der Waals surface area contributed by atoms with Gasteiger partial charge in [0, 0.05) is 67.9 Å². The average molecular weight is 830 g/mol. The molecule has 3 heterocycles. The van der Waals surface area contributed by atoms with Gasteiger partial charge in [-0.2, -0.15) is 0 Å². The molecule has 0 aliphatic carbocycles. The van der Waals surface area contributed by atoms with E-state index in [4.69, 9.17) is 9.40 Å². The largest absolute Gasteiger partial charge is 0.512 e. The summed E-state index contributed by atoms with van der Waals surface area (Å²) >= 11 is 0. The maximum absolute atomic E-state index is 11.7. The number of hydrogen-bond donors (Lipinski definition) is 1. The van der Waals surface area contributed by atoms with Gasteiger partial charge in [0.2, 0.25) is 0 Å². The minimum absolute atomic E-state index is 0. The molecule has 0 saturated heterocycles. The molecule has 1 N–H and O–H groups in total. The number of rotatable bonds is 9. The number of aryl methyl sites for hydroxylation is 1. The molecule has 0 amide bonds. The van der Waals surface area contributed by atoms with Crippen LogP contribution in [0.3, 0.4) is 0 Å². The number of allylic oxidation sites excluding steroid dienone is 2. The Morgan fingerprint density at radius 2 is 1.60 bits per heavy atom. The molecule has 0 atom stereocenters. The molecule has 0 aliphatic rings. The summed E-state index contributed by atoms with van der Waals surface area (Å²) in [7, 11) is 0.587. The predicted octanol–water partition coefficient (Wildman–Crippen LogP) is 10.6. The second-order valence-electron chi connectivity index (χ2n) is 14.6. The van der Waals surface area contributed by atoms with Crippen molar-refractivity contribution >= 4 is 52.0 Å². The molecule has 2 aromatic carbocycles. The van der Waals surface area contributed by atoms with Crippen LogP contribution in [-0.4, -0.2) is 28.5 Å². The van der Waals surface area contributed by atoms with Gasteiger partial charge in [0.25, 0.3) is 0 Å². The van der Waals surface area contributed by atoms with Crippen molar-refractivity contribution in [3.63, 3.8) is 0 Å². The fraction of sp³-hybridized carbons (Fsp3) is 0.450. The third kappa shape index (κ3) is 8.18. The van der Waals surface area contributed by atoms with E-state index in [1.807, 2.05) is 33.9 Å². The maximum Gasteiger partial charge on any atom is 0.162 e. The summed E-state index contributed by atoms with van der Waals surface area (Å²) < 4.78 is 8.64. The zero-order chi connectivity index (χ0) is 34.0. The van der Waals surface area contributed by atoms with E-state index >= 15 is 0 Å². The first-order chi connectivity index (χ1) is 21.7. The molecule has 5 aromatic rings. The monoisotopic (exact) mass is 830 g/mol. The van der Waals surface area contributed by atoms with E-state index in [-0.39, 0.29) is 48.9 Å². The van der Waals surface area contributed by atoms with Crippen LogP contribution in [0, 0.1) is 17.9 Å². The van der Waals surface area contributed by atoms with Gasteiger partial charge >= 0.3 is 0 Å². The standard InChI is InChI=1S/C27H29N2OSi.C13H24O2.Ir/c1-27(2,3)21-15-18(14-17-10-8-9-11-19(17)21)24-25-20(12-13-28-24)26-22(29(25)4)16-23(30-26)31(5,6)7;1-5-10(6-2)12(14)9-13(15)11(7-3)8-4;/h8-13,15-16H,1-7H3;9-11,14H,5-8H2,1-4H3;/q-1;;/b;12-9-;. The van der Waals surface area contributed by atoms with Crippen LogP contribution in [0.25, 0.3) is 44.0 Å². The summed E-state index contributed by atoms with van der Waals surface area (Å²) in [6, 6.07) is 18.7. The van der Waals surface area contributed by atoms with Gasteiger partial charge in [-0.1, -0.05) is 97.3 Å². The Balaban J connectivity index is 0.000000322. The van der Waals surface area contributed by atoms with Crippen molar-refractivity contribution in [2.45, 2.75) is 99.2 Å². The van der Waals surface area contributed by atoms with Crippen LogP contribution in [0.1, 0.15) is 79.7 Å². The van der Waals surface area contributed by atoms with Crippen LogP contribution in [0.5, 0.6) is 0 Å². The van der Waals surface area contributed by atoms with Gasteiger partial charge in [0.15, 0.2) is 11.4 Å². The Bertz CT molecular complexity index is 1860. The quantitative estimate of drug-likeness (QED) is 0.0695. The van der Waals surface area contributed by atoms with Crippen LogP contribution in [0.15, 0.2) is 64.9 Å². The summed E-state index contributed by atoms with van der Waals surface area (Å²) in [5, 5.41) is 14.4. The molecule has 0 spiro atoms. The van der Waals surface area contributed by atoms with Crippen molar-refractivity contribution in [3.8, 4) is 11.3 Å². The van der Waals surface area contributed by atoms with Crippen molar-refractivity contribution in [1.29, 1.82) is 0 Å². The molecule has 255 valence electrons. The first kappa shape index (κ1) is 38.5.